The molecule has 2 atom stereocenters. The number of anilines is 1. The van der Waals surface area contributed by atoms with Crippen LogP contribution in [0.5, 0.6) is 11.5 Å². The Hall–Kier alpha value is -3.16. The Balaban J connectivity index is 1.47. The second kappa shape index (κ2) is 9.84. The summed E-state index contributed by atoms with van der Waals surface area (Å²) in [4.78, 5) is 20.2. The van der Waals surface area contributed by atoms with E-state index in [1.807, 2.05) is 42.5 Å². The third-order valence-electron chi connectivity index (χ3n) is 6.81. The Morgan fingerprint density at radius 1 is 1.03 bits per heavy atom. The van der Waals surface area contributed by atoms with Gasteiger partial charge in [-0.05, 0) is 74.1 Å². The second-order valence-corrected chi connectivity index (χ2v) is 9.95. The van der Waals surface area contributed by atoms with Crippen molar-refractivity contribution >= 4 is 33.2 Å². The van der Waals surface area contributed by atoms with Gasteiger partial charge >= 0.3 is 0 Å². The number of hydrogen-bond donors (Lipinski definition) is 1. The molecule has 0 radical (unpaired) electrons. The fraction of sp³-hybridized carbons (Fsp3) is 0.286. The number of methoxy groups -OCH3 is 2. The van der Waals surface area contributed by atoms with Crippen LogP contribution in [0.1, 0.15) is 39.4 Å². The van der Waals surface area contributed by atoms with Gasteiger partial charge in [0.05, 0.1) is 26.0 Å². The molecular weight excluding hydrogens is 506 g/mol. The zero-order chi connectivity index (χ0) is 24.5. The average Bonchev–Trinajstić information content (AvgIpc) is 2.88. The number of rotatable bonds is 5. The quantitative estimate of drug-likeness (QED) is 0.479. The summed E-state index contributed by atoms with van der Waals surface area (Å²) in [6, 6.07) is 19.6. The van der Waals surface area contributed by atoms with Gasteiger partial charge in [0.1, 0.15) is 0 Å². The molecule has 3 aromatic carbocycles. The van der Waals surface area contributed by atoms with Gasteiger partial charge in [-0.25, -0.2) is 0 Å². The molecule has 3 aromatic rings. The molecule has 1 saturated heterocycles. The number of nitrogens with one attached hydrogen (secondary N) is 1. The predicted molar refractivity (Wildman–Crippen MR) is 142 cm³/mol. The van der Waals surface area contributed by atoms with Gasteiger partial charge in [-0.15, -0.1) is 0 Å². The first-order valence-corrected chi connectivity index (χ1v) is 12.5. The number of aliphatic imine (C=N–C) groups is 1. The lowest BCUT2D eigenvalue weighted by Crippen LogP contribution is -2.41. The molecule has 1 N–H and O–H groups in total. The molecule has 1 amide bonds. The van der Waals surface area contributed by atoms with Crippen LogP contribution in [0.3, 0.4) is 0 Å². The summed E-state index contributed by atoms with van der Waals surface area (Å²) < 4.78 is 12.2. The molecule has 0 unspecified atom stereocenters. The highest BCUT2D eigenvalue weighted by atomic mass is 79.9. The van der Waals surface area contributed by atoms with Crippen molar-refractivity contribution in [2.75, 3.05) is 39.7 Å². The third kappa shape index (κ3) is 4.70. The maximum absolute atomic E-state index is 12.6. The van der Waals surface area contributed by atoms with Gasteiger partial charge in [0.2, 0.25) is 0 Å². The van der Waals surface area contributed by atoms with Crippen molar-refractivity contribution in [2.45, 2.75) is 18.4 Å². The first kappa shape index (κ1) is 23.6. The molecular formula is C28H28BrN3O3. The summed E-state index contributed by atoms with van der Waals surface area (Å²) in [5.41, 5.74) is 5.64. The first-order chi connectivity index (χ1) is 17.0. The number of amides is 1. The summed E-state index contributed by atoms with van der Waals surface area (Å²) in [6.45, 7) is 1.99. The predicted octanol–water partition coefficient (Wildman–Crippen LogP) is 5.36. The molecule has 180 valence electrons. The van der Waals surface area contributed by atoms with Crippen LogP contribution in [0.2, 0.25) is 0 Å². The van der Waals surface area contributed by atoms with Crippen molar-refractivity contribution < 1.29 is 14.3 Å². The normalized spacial score (nSPS) is 19.3. The van der Waals surface area contributed by atoms with E-state index in [9.17, 15) is 4.79 Å². The van der Waals surface area contributed by atoms with E-state index in [-0.39, 0.29) is 11.9 Å². The van der Waals surface area contributed by atoms with Gasteiger partial charge in [0, 0.05) is 39.3 Å². The molecule has 0 saturated carbocycles. The van der Waals surface area contributed by atoms with E-state index in [4.69, 9.17) is 14.5 Å². The third-order valence-corrected chi connectivity index (χ3v) is 7.34. The Labute approximate surface area is 214 Å². The van der Waals surface area contributed by atoms with Crippen molar-refractivity contribution in [3.8, 4) is 11.5 Å². The van der Waals surface area contributed by atoms with Crippen molar-refractivity contribution in [3.05, 3.63) is 87.4 Å². The number of carbonyl (C=O) groups is 1. The number of nitrogens with zero attached hydrogens (tertiary/aromatic N) is 2. The number of likely N-dealkylation sites (N-methyl/N-ethyl adjacent to an activating group) is 1. The number of benzene rings is 3. The highest BCUT2D eigenvalue weighted by Crippen LogP contribution is 2.42. The van der Waals surface area contributed by atoms with E-state index in [0.29, 0.717) is 17.2 Å². The second-order valence-electron chi connectivity index (χ2n) is 9.04. The van der Waals surface area contributed by atoms with E-state index in [0.717, 1.165) is 52.3 Å². The maximum Gasteiger partial charge on any atom is 0.255 e. The average molecular weight is 534 g/mol. The number of hydrogen-bond acceptors (Lipinski definition) is 5. The van der Waals surface area contributed by atoms with Gasteiger partial charge in [0.25, 0.3) is 5.91 Å². The molecule has 0 aliphatic carbocycles. The standard InChI is InChI=1S/C28H28BrN3O3/c1-32-13-12-24-23(16-32)21-14-25(34-2)26(35-3)15-22(21)27(31-24)17-6-10-20(11-7-17)30-28(33)18-4-8-19(29)9-5-18/h4-11,14-15,23-24H,12-13,16H2,1-3H3,(H,30,33)/t23-,24-/m1/s1. The van der Waals surface area contributed by atoms with Crippen LogP contribution in [0.25, 0.3) is 0 Å². The topological polar surface area (TPSA) is 63.2 Å². The van der Waals surface area contributed by atoms with Crippen LogP contribution >= 0.6 is 15.9 Å². The lowest BCUT2D eigenvalue weighted by atomic mass is 9.79. The Morgan fingerprint density at radius 2 is 1.71 bits per heavy atom. The van der Waals surface area contributed by atoms with Gasteiger partial charge in [0.15, 0.2) is 11.5 Å². The lowest BCUT2D eigenvalue weighted by Gasteiger charge is -2.39. The largest absolute Gasteiger partial charge is 0.493 e. The van der Waals surface area contributed by atoms with Crippen molar-refractivity contribution in [2.24, 2.45) is 4.99 Å². The van der Waals surface area contributed by atoms with E-state index in [2.05, 4.69) is 39.3 Å². The monoisotopic (exact) mass is 533 g/mol. The number of ether oxygens (including phenoxy) is 2. The first-order valence-electron chi connectivity index (χ1n) is 11.7. The molecule has 5 rings (SSSR count). The smallest absolute Gasteiger partial charge is 0.255 e. The summed E-state index contributed by atoms with van der Waals surface area (Å²) in [5, 5.41) is 2.97. The molecule has 2 aliphatic heterocycles. The van der Waals surface area contributed by atoms with E-state index < -0.39 is 0 Å². The maximum atomic E-state index is 12.6. The minimum atomic E-state index is -0.142. The van der Waals surface area contributed by atoms with Crippen LogP contribution < -0.4 is 14.8 Å². The van der Waals surface area contributed by atoms with Crippen molar-refractivity contribution in [1.29, 1.82) is 0 Å². The van der Waals surface area contributed by atoms with E-state index in [1.165, 1.54) is 5.56 Å². The molecule has 0 aromatic heterocycles. The lowest BCUT2D eigenvalue weighted by molar-refractivity contribution is 0.102. The number of piperidine rings is 1. The molecule has 0 spiro atoms. The summed E-state index contributed by atoms with van der Waals surface area (Å²) in [7, 11) is 5.50. The molecule has 7 heteroatoms. The van der Waals surface area contributed by atoms with Crippen LogP contribution in [0.15, 0.2) is 70.1 Å². The van der Waals surface area contributed by atoms with E-state index in [1.54, 1.807) is 26.4 Å². The summed E-state index contributed by atoms with van der Waals surface area (Å²) in [5.74, 6) is 1.61. The van der Waals surface area contributed by atoms with Crippen LogP contribution in [-0.2, 0) is 0 Å². The van der Waals surface area contributed by atoms with Gasteiger partial charge in [-0.1, -0.05) is 28.1 Å². The van der Waals surface area contributed by atoms with Crippen LogP contribution in [-0.4, -0.2) is 56.9 Å². The molecule has 2 aliphatic rings. The zero-order valence-corrected chi connectivity index (χ0v) is 21.6. The van der Waals surface area contributed by atoms with E-state index >= 15 is 0 Å². The number of carbonyl (C=O) groups excluding carboxylic acids is 1. The summed E-state index contributed by atoms with van der Waals surface area (Å²) >= 11 is 3.40. The van der Waals surface area contributed by atoms with Gasteiger partial charge in [-0.3, -0.25) is 9.79 Å². The highest BCUT2D eigenvalue weighted by Gasteiger charge is 2.36. The molecule has 1 fully saturated rings. The number of fused-ring (bicyclic) bond motifs is 3. The molecule has 35 heavy (non-hydrogen) atoms. The van der Waals surface area contributed by atoms with Gasteiger partial charge < -0.3 is 19.7 Å². The minimum Gasteiger partial charge on any atom is -0.493 e. The number of likely N-dealkylation sites (tertiary alicyclic amines) is 1. The zero-order valence-electron chi connectivity index (χ0n) is 20.0. The Bertz CT molecular complexity index is 1270. The number of halogens is 1. The Kier molecular flexibility index (Phi) is 6.62. The van der Waals surface area contributed by atoms with Crippen LogP contribution in [0.4, 0.5) is 5.69 Å². The molecule has 6 nitrogen and oxygen atoms in total. The fourth-order valence-corrected chi connectivity index (χ4v) is 5.21. The SMILES string of the molecule is COc1cc2c(cc1OC)[C@H]1CN(C)CC[C@H]1N=C2c1ccc(NC(=O)c2ccc(Br)cc2)cc1. The molecule has 2 heterocycles. The Morgan fingerprint density at radius 3 is 2.40 bits per heavy atom. The van der Waals surface area contributed by atoms with Crippen molar-refractivity contribution in [3.63, 3.8) is 0 Å². The molecule has 0 bridgehead atoms. The fourth-order valence-electron chi connectivity index (χ4n) is 4.95. The van der Waals surface area contributed by atoms with Gasteiger partial charge in [-0.2, -0.15) is 0 Å². The highest BCUT2D eigenvalue weighted by molar-refractivity contribution is 9.10. The summed E-state index contributed by atoms with van der Waals surface area (Å²) in [6.07, 6.45) is 1.01. The van der Waals surface area contributed by atoms with Crippen molar-refractivity contribution in [1.82, 2.24) is 4.90 Å². The van der Waals surface area contributed by atoms with Crippen LogP contribution in [0, 0.1) is 0 Å². The minimum absolute atomic E-state index is 0.142.